The first-order valence-corrected chi connectivity index (χ1v) is 5.66. The lowest BCUT2D eigenvalue weighted by atomic mass is 10.2. The molecule has 0 aliphatic carbocycles. The van der Waals surface area contributed by atoms with Crippen molar-refractivity contribution in [2.24, 2.45) is 0 Å². The molecule has 0 spiro atoms. The number of amides is 1. The van der Waals surface area contributed by atoms with Gasteiger partial charge in [0.2, 0.25) is 5.91 Å². The molecule has 0 bridgehead atoms. The van der Waals surface area contributed by atoms with Crippen molar-refractivity contribution in [3.05, 3.63) is 30.3 Å². The Labute approximate surface area is 97.7 Å². The molecule has 84 valence electrons. The van der Waals surface area contributed by atoms with Crippen molar-refractivity contribution in [3.8, 4) is 0 Å². The van der Waals surface area contributed by atoms with E-state index in [4.69, 9.17) is 4.74 Å². The summed E-state index contributed by atoms with van der Waals surface area (Å²) in [5, 5.41) is 0. The Morgan fingerprint density at radius 1 is 1.44 bits per heavy atom. The highest BCUT2D eigenvalue weighted by molar-refractivity contribution is 7.97. The number of esters is 1. The van der Waals surface area contributed by atoms with Crippen LogP contribution in [-0.2, 0) is 14.3 Å². The maximum absolute atomic E-state index is 11.3. The average molecular weight is 237 g/mol. The van der Waals surface area contributed by atoms with Gasteiger partial charge in [0.05, 0.1) is 6.42 Å². The van der Waals surface area contributed by atoms with Gasteiger partial charge in [-0.2, -0.15) is 0 Å². The smallest absolute Gasteiger partial charge is 0.304 e. The van der Waals surface area contributed by atoms with Crippen molar-refractivity contribution in [2.45, 2.75) is 24.5 Å². The molecule has 4 nitrogen and oxygen atoms in total. The molecule has 1 amide bonds. The third-order valence-corrected chi connectivity index (χ3v) is 3.22. The lowest BCUT2D eigenvalue weighted by Crippen LogP contribution is -2.50. The second-order valence-electron chi connectivity index (χ2n) is 3.39. The van der Waals surface area contributed by atoms with Gasteiger partial charge in [0, 0.05) is 11.8 Å². The quantitative estimate of drug-likeness (QED) is 0.457. The van der Waals surface area contributed by atoms with E-state index in [9.17, 15) is 9.59 Å². The number of rotatable bonds is 3. The monoisotopic (exact) mass is 237 g/mol. The van der Waals surface area contributed by atoms with Crippen molar-refractivity contribution >= 4 is 23.8 Å². The number of ether oxygens (including phenoxy) is 1. The van der Waals surface area contributed by atoms with Crippen LogP contribution in [0.25, 0.3) is 0 Å². The van der Waals surface area contributed by atoms with Crippen LogP contribution in [0.2, 0.25) is 0 Å². The van der Waals surface area contributed by atoms with Crippen molar-refractivity contribution in [1.29, 1.82) is 0 Å². The van der Waals surface area contributed by atoms with Crippen LogP contribution >= 0.6 is 11.9 Å². The summed E-state index contributed by atoms with van der Waals surface area (Å²) in [6.45, 7) is 1.34. The van der Waals surface area contributed by atoms with Crippen LogP contribution < -0.4 is 0 Å². The van der Waals surface area contributed by atoms with E-state index in [2.05, 4.69) is 0 Å². The molecule has 0 radical (unpaired) electrons. The van der Waals surface area contributed by atoms with Crippen LogP contribution in [0.15, 0.2) is 35.2 Å². The van der Waals surface area contributed by atoms with E-state index in [0.29, 0.717) is 0 Å². The summed E-state index contributed by atoms with van der Waals surface area (Å²) in [4.78, 5) is 23.1. The highest BCUT2D eigenvalue weighted by Crippen LogP contribution is 2.33. The van der Waals surface area contributed by atoms with Crippen LogP contribution in [0.4, 0.5) is 0 Å². The van der Waals surface area contributed by atoms with Gasteiger partial charge in [-0.1, -0.05) is 18.2 Å². The SMILES string of the molecule is CC(=O)OC1CC(=O)N1Sc1ccccc1. The highest BCUT2D eigenvalue weighted by atomic mass is 32.2. The molecule has 2 rings (SSSR count). The number of carbonyl (C=O) groups is 2. The van der Waals surface area contributed by atoms with E-state index >= 15 is 0 Å². The summed E-state index contributed by atoms with van der Waals surface area (Å²) in [6, 6.07) is 9.51. The molecule has 16 heavy (non-hydrogen) atoms. The molecule has 5 heteroatoms. The summed E-state index contributed by atoms with van der Waals surface area (Å²) >= 11 is 1.30. The molecule has 1 aromatic rings. The van der Waals surface area contributed by atoms with E-state index < -0.39 is 6.23 Å². The van der Waals surface area contributed by atoms with E-state index in [-0.39, 0.29) is 18.3 Å². The Balaban J connectivity index is 1.98. The molecule has 1 aromatic carbocycles. The lowest BCUT2D eigenvalue weighted by Gasteiger charge is -2.37. The standard InChI is InChI=1S/C11H11NO3S/c1-8(13)15-11-7-10(14)12(11)16-9-5-3-2-4-6-9/h2-6,11H,7H2,1H3. The maximum atomic E-state index is 11.3. The fourth-order valence-electron chi connectivity index (χ4n) is 1.36. The van der Waals surface area contributed by atoms with Gasteiger partial charge in [0.1, 0.15) is 0 Å². The van der Waals surface area contributed by atoms with E-state index in [1.165, 1.54) is 23.2 Å². The summed E-state index contributed by atoms with van der Waals surface area (Å²) in [6.07, 6.45) is -0.144. The Bertz CT molecular complexity index is 407. The van der Waals surface area contributed by atoms with Gasteiger partial charge in [0.25, 0.3) is 0 Å². The van der Waals surface area contributed by atoms with Gasteiger partial charge < -0.3 is 4.74 Å². The molecule has 1 fully saturated rings. The number of carbonyl (C=O) groups excluding carboxylic acids is 2. The lowest BCUT2D eigenvalue weighted by molar-refractivity contribution is -0.169. The van der Waals surface area contributed by atoms with Gasteiger partial charge >= 0.3 is 5.97 Å². The van der Waals surface area contributed by atoms with Crippen molar-refractivity contribution in [1.82, 2.24) is 4.31 Å². The zero-order valence-electron chi connectivity index (χ0n) is 8.75. The number of hydrogen-bond acceptors (Lipinski definition) is 4. The number of β-lactam (4-membered cyclic amide) rings is 1. The average Bonchev–Trinajstić information content (AvgIpc) is 2.26. The second-order valence-corrected chi connectivity index (χ2v) is 4.44. The zero-order chi connectivity index (χ0) is 11.5. The fourth-order valence-corrected chi connectivity index (χ4v) is 2.27. The van der Waals surface area contributed by atoms with E-state index in [0.717, 1.165) is 4.90 Å². The molecule has 1 saturated heterocycles. The molecule has 0 N–H and O–H groups in total. The summed E-state index contributed by atoms with van der Waals surface area (Å²) in [5.41, 5.74) is 0. The van der Waals surface area contributed by atoms with Crippen LogP contribution in [0.1, 0.15) is 13.3 Å². The first-order chi connectivity index (χ1) is 7.66. The molecule has 1 aliphatic rings. The molecule has 1 unspecified atom stereocenters. The Kier molecular flexibility index (Phi) is 3.14. The number of benzene rings is 1. The molecular formula is C11H11NO3S. The van der Waals surface area contributed by atoms with Gasteiger partial charge in [0.15, 0.2) is 6.23 Å². The zero-order valence-corrected chi connectivity index (χ0v) is 9.57. The Morgan fingerprint density at radius 2 is 2.12 bits per heavy atom. The first kappa shape index (κ1) is 11.0. The Hall–Kier alpha value is -1.49. The van der Waals surface area contributed by atoms with Crippen molar-refractivity contribution in [2.75, 3.05) is 0 Å². The Morgan fingerprint density at radius 3 is 2.69 bits per heavy atom. The fraction of sp³-hybridized carbons (Fsp3) is 0.273. The molecule has 1 heterocycles. The van der Waals surface area contributed by atoms with Crippen molar-refractivity contribution < 1.29 is 14.3 Å². The van der Waals surface area contributed by atoms with Crippen molar-refractivity contribution in [3.63, 3.8) is 0 Å². The van der Waals surface area contributed by atoms with Gasteiger partial charge in [-0.05, 0) is 24.1 Å². The van der Waals surface area contributed by atoms with Crippen LogP contribution in [0, 0.1) is 0 Å². The normalized spacial score (nSPS) is 19.2. The first-order valence-electron chi connectivity index (χ1n) is 4.89. The summed E-state index contributed by atoms with van der Waals surface area (Å²) < 4.78 is 6.47. The van der Waals surface area contributed by atoms with Gasteiger partial charge in [-0.15, -0.1) is 0 Å². The third-order valence-electron chi connectivity index (χ3n) is 2.11. The molecule has 0 saturated carbocycles. The predicted octanol–water partition coefficient (Wildman–Crippen LogP) is 1.82. The third kappa shape index (κ3) is 2.36. The predicted molar refractivity (Wildman–Crippen MR) is 59.3 cm³/mol. The maximum Gasteiger partial charge on any atom is 0.304 e. The second kappa shape index (κ2) is 4.57. The van der Waals surface area contributed by atoms with Gasteiger partial charge in [-0.3, -0.25) is 9.59 Å². The van der Waals surface area contributed by atoms with Gasteiger partial charge in [-0.25, -0.2) is 4.31 Å². The minimum absolute atomic E-state index is 0.0138. The highest BCUT2D eigenvalue weighted by Gasteiger charge is 2.39. The van der Waals surface area contributed by atoms with E-state index in [1.54, 1.807) is 0 Å². The molecule has 1 aliphatic heterocycles. The molecular weight excluding hydrogens is 226 g/mol. The number of nitrogens with zero attached hydrogens (tertiary/aromatic N) is 1. The van der Waals surface area contributed by atoms with E-state index in [1.807, 2.05) is 30.3 Å². The largest absolute Gasteiger partial charge is 0.440 e. The van der Waals surface area contributed by atoms with Crippen LogP contribution in [0.5, 0.6) is 0 Å². The van der Waals surface area contributed by atoms with Crippen LogP contribution in [-0.4, -0.2) is 22.4 Å². The molecule has 0 aromatic heterocycles. The molecule has 1 atom stereocenters. The minimum Gasteiger partial charge on any atom is -0.440 e. The number of hydrogen-bond donors (Lipinski definition) is 0. The van der Waals surface area contributed by atoms with Crippen LogP contribution in [0.3, 0.4) is 0 Å². The summed E-state index contributed by atoms with van der Waals surface area (Å²) in [5.74, 6) is -0.378. The summed E-state index contributed by atoms with van der Waals surface area (Å²) in [7, 11) is 0. The minimum atomic E-state index is -0.421. The topological polar surface area (TPSA) is 46.6 Å².